The average Bonchev–Trinajstić information content (AvgIpc) is 2.83. The minimum atomic E-state index is -4.08. The first-order valence-corrected chi connectivity index (χ1v) is 13.3. The molecule has 194 valence electrons. The molecule has 0 atom stereocenters. The number of ether oxygens (including phenoxy) is 1. The molecule has 0 saturated carbocycles. The third-order valence-corrected chi connectivity index (χ3v) is 5.77. The van der Waals surface area contributed by atoms with E-state index < -0.39 is 22.0 Å². The molecule has 3 aromatic rings. The van der Waals surface area contributed by atoms with Crippen LogP contribution >= 0.6 is 0 Å². The fourth-order valence-corrected chi connectivity index (χ4v) is 3.82. The number of benzene rings is 3. The van der Waals surface area contributed by atoms with Gasteiger partial charge in [0.2, 0.25) is 0 Å². The third-order valence-electron chi connectivity index (χ3n) is 5.32. The van der Waals surface area contributed by atoms with Crippen LogP contribution in [0.5, 0.6) is 5.75 Å². The summed E-state index contributed by atoms with van der Waals surface area (Å²) in [6, 6.07) is 17.7. The van der Waals surface area contributed by atoms with Crippen molar-refractivity contribution < 1.29 is 26.9 Å². The average molecular weight is 524 g/mol. The van der Waals surface area contributed by atoms with Crippen molar-refractivity contribution in [1.29, 1.82) is 5.41 Å². The number of amidine groups is 1. The predicted octanol–water partition coefficient (Wildman–Crippen LogP) is 4.43. The summed E-state index contributed by atoms with van der Waals surface area (Å²) in [4.78, 5) is 26.1. The zero-order valence-electron chi connectivity index (χ0n) is 20.8. The number of nitrogens with one attached hydrogen (secondary N) is 2. The summed E-state index contributed by atoms with van der Waals surface area (Å²) < 4.78 is 33.8. The second-order valence-electron chi connectivity index (χ2n) is 8.80. The molecule has 0 heterocycles. The number of rotatable bonds is 10. The molecule has 4 N–H and O–H groups in total. The minimum Gasteiger partial charge on any atom is -0.494 e. The van der Waals surface area contributed by atoms with Crippen LogP contribution in [0.1, 0.15) is 46.5 Å². The van der Waals surface area contributed by atoms with Crippen LogP contribution < -0.4 is 15.8 Å². The second-order valence-corrected chi connectivity index (χ2v) is 10.4. The van der Waals surface area contributed by atoms with E-state index >= 15 is 0 Å². The molecule has 0 aliphatic rings. The quantitative estimate of drug-likeness (QED) is 0.202. The van der Waals surface area contributed by atoms with Gasteiger partial charge < -0.3 is 20.0 Å². The van der Waals surface area contributed by atoms with Crippen molar-refractivity contribution in [2.75, 3.05) is 18.2 Å². The van der Waals surface area contributed by atoms with Crippen LogP contribution in [0.15, 0.2) is 66.7 Å². The lowest BCUT2D eigenvalue weighted by Gasteiger charge is -2.15. The third kappa shape index (κ3) is 7.65. The maximum Gasteiger partial charge on any atom is 0.354 e. The van der Waals surface area contributed by atoms with Gasteiger partial charge >= 0.3 is 16.1 Å². The van der Waals surface area contributed by atoms with E-state index in [1.165, 1.54) is 6.07 Å². The summed E-state index contributed by atoms with van der Waals surface area (Å²) in [6.45, 7) is 4.53. The van der Waals surface area contributed by atoms with Crippen LogP contribution in [0, 0.1) is 11.3 Å². The fraction of sp³-hybridized carbons (Fsp3) is 0.222. The van der Waals surface area contributed by atoms with Gasteiger partial charge in [0.1, 0.15) is 11.6 Å². The largest absolute Gasteiger partial charge is 0.494 e. The summed E-state index contributed by atoms with van der Waals surface area (Å²) in [6.07, 6.45) is 1.58. The van der Waals surface area contributed by atoms with E-state index in [0.717, 1.165) is 12.7 Å². The van der Waals surface area contributed by atoms with Crippen LogP contribution in [0.3, 0.4) is 0 Å². The highest BCUT2D eigenvalue weighted by atomic mass is 32.2. The van der Waals surface area contributed by atoms with Gasteiger partial charge in [0.25, 0.3) is 5.91 Å². The molecule has 0 spiro atoms. The smallest absolute Gasteiger partial charge is 0.354 e. The predicted molar refractivity (Wildman–Crippen MR) is 142 cm³/mol. The van der Waals surface area contributed by atoms with E-state index in [4.69, 9.17) is 15.9 Å². The first kappa shape index (κ1) is 27.4. The molecule has 3 aromatic carbocycles. The molecular formula is C27H29N3O6S. The zero-order chi connectivity index (χ0) is 27.2. The Morgan fingerprint density at radius 1 is 0.973 bits per heavy atom. The number of carbonyl (C=O) groups is 2. The van der Waals surface area contributed by atoms with Crippen LogP contribution in [0.2, 0.25) is 0 Å². The standard InChI is InChI=1S/C27H29N3O6S/c1-17(2)14-15-35-20-12-13-22(24(16-20)27(32)36-37(3,33)34)21-6-4-5-7-23(21)26(31)30-19-10-8-18(9-11-19)25(28)29/h4-13,16-17H,14-15H2,1-3H3,(H3,28,29)(H,30,31). The zero-order valence-corrected chi connectivity index (χ0v) is 21.6. The summed E-state index contributed by atoms with van der Waals surface area (Å²) in [5.41, 5.74) is 7.38. The maximum absolute atomic E-state index is 13.2. The van der Waals surface area contributed by atoms with Crippen molar-refractivity contribution in [3.8, 4) is 16.9 Å². The molecule has 0 aliphatic carbocycles. The lowest BCUT2D eigenvalue weighted by Crippen LogP contribution is -2.16. The Balaban J connectivity index is 1.99. The van der Waals surface area contributed by atoms with Crippen molar-refractivity contribution in [3.63, 3.8) is 0 Å². The Bertz CT molecular complexity index is 1420. The second kappa shape index (κ2) is 11.7. The minimum absolute atomic E-state index is 0.0569. The summed E-state index contributed by atoms with van der Waals surface area (Å²) in [5.74, 6) is -0.837. The van der Waals surface area contributed by atoms with Gasteiger partial charge in [-0.1, -0.05) is 32.0 Å². The first-order valence-electron chi connectivity index (χ1n) is 11.5. The highest BCUT2D eigenvalue weighted by Gasteiger charge is 2.23. The fourth-order valence-electron chi connectivity index (χ4n) is 3.46. The molecule has 1 amide bonds. The lowest BCUT2D eigenvalue weighted by molar-refractivity contribution is 0.0748. The van der Waals surface area contributed by atoms with Gasteiger partial charge in [-0.15, -0.1) is 0 Å². The van der Waals surface area contributed by atoms with Gasteiger partial charge in [0.15, 0.2) is 0 Å². The normalized spacial score (nSPS) is 11.1. The molecule has 10 heteroatoms. The van der Waals surface area contributed by atoms with Crippen molar-refractivity contribution >= 4 is 33.5 Å². The van der Waals surface area contributed by atoms with E-state index in [1.54, 1.807) is 60.7 Å². The Morgan fingerprint density at radius 3 is 2.24 bits per heavy atom. The molecule has 0 unspecified atom stereocenters. The molecule has 0 bridgehead atoms. The van der Waals surface area contributed by atoms with Gasteiger partial charge in [-0.2, -0.15) is 8.42 Å². The van der Waals surface area contributed by atoms with E-state index in [-0.39, 0.29) is 17.0 Å². The molecule has 37 heavy (non-hydrogen) atoms. The summed E-state index contributed by atoms with van der Waals surface area (Å²) >= 11 is 0. The molecule has 0 radical (unpaired) electrons. The highest BCUT2D eigenvalue weighted by molar-refractivity contribution is 7.86. The monoisotopic (exact) mass is 523 g/mol. The Hall–Kier alpha value is -4.18. The lowest BCUT2D eigenvalue weighted by atomic mass is 9.94. The van der Waals surface area contributed by atoms with E-state index in [9.17, 15) is 18.0 Å². The van der Waals surface area contributed by atoms with Crippen molar-refractivity contribution in [2.45, 2.75) is 20.3 Å². The van der Waals surface area contributed by atoms with Gasteiger partial charge in [-0.05, 0) is 72.0 Å². The SMILES string of the molecule is CC(C)CCOc1ccc(-c2ccccc2C(=O)Nc2ccc(C(=N)N)cc2)c(C(=O)OS(C)(=O)=O)c1. The van der Waals surface area contributed by atoms with Crippen LogP contribution in [-0.2, 0) is 14.3 Å². The summed E-state index contributed by atoms with van der Waals surface area (Å²) in [7, 11) is -4.08. The molecule has 9 nitrogen and oxygen atoms in total. The summed E-state index contributed by atoms with van der Waals surface area (Å²) in [5, 5.41) is 10.3. The van der Waals surface area contributed by atoms with Crippen LogP contribution in [0.4, 0.5) is 5.69 Å². The Morgan fingerprint density at radius 2 is 1.62 bits per heavy atom. The number of hydrogen-bond acceptors (Lipinski definition) is 7. The van der Waals surface area contributed by atoms with E-state index in [2.05, 4.69) is 23.3 Å². The number of nitrogens with two attached hydrogens (primary N) is 1. The van der Waals surface area contributed by atoms with Crippen molar-refractivity contribution in [3.05, 3.63) is 83.4 Å². The molecule has 0 saturated heterocycles. The number of hydrogen-bond donors (Lipinski definition) is 3. The Labute approximate surface area is 216 Å². The molecule has 0 aromatic heterocycles. The van der Waals surface area contributed by atoms with Gasteiger partial charge in [0, 0.05) is 16.8 Å². The first-order chi connectivity index (χ1) is 17.4. The van der Waals surface area contributed by atoms with E-state index in [1.807, 2.05) is 0 Å². The van der Waals surface area contributed by atoms with Gasteiger partial charge in [0.05, 0.1) is 18.4 Å². The molecule has 3 rings (SSSR count). The van der Waals surface area contributed by atoms with Crippen molar-refractivity contribution in [1.82, 2.24) is 0 Å². The maximum atomic E-state index is 13.2. The molecular weight excluding hydrogens is 494 g/mol. The topological polar surface area (TPSA) is 149 Å². The number of amides is 1. The highest BCUT2D eigenvalue weighted by Crippen LogP contribution is 2.32. The van der Waals surface area contributed by atoms with Crippen molar-refractivity contribution in [2.24, 2.45) is 11.7 Å². The number of anilines is 1. The van der Waals surface area contributed by atoms with Gasteiger partial charge in [-0.25, -0.2) is 4.79 Å². The number of nitrogen functional groups attached to an aromatic ring is 1. The van der Waals surface area contributed by atoms with E-state index in [0.29, 0.717) is 40.7 Å². The Kier molecular flexibility index (Phi) is 8.67. The van der Waals surface area contributed by atoms with Crippen LogP contribution in [0.25, 0.3) is 11.1 Å². The molecule has 0 fully saturated rings. The van der Waals surface area contributed by atoms with Gasteiger partial charge in [-0.3, -0.25) is 10.2 Å². The molecule has 0 aliphatic heterocycles. The number of carbonyl (C=O) groups excluding carboxylic acids is 2. The van der Waals surface area contributed by atoms with Crippen LogP contribution in [-0.4, -0.2) is 39.0 Å².